The van der Waals surface area contributed by atoms with Crippen LogP contribution in [0.4, 0.5) is 5.69 Å². The number of rotatable bonds is 4. The highest BCUT2D eigenvalue weighted by molar-refractivity contribution is 9.10. The monoisotopic (exact) mass is 523 g/mol. The number of halogens is 1. The van der Waals surface area contributed by atoms with Crippen molar-refractivity contribution in [1.29, 1.82) is 0 Å². The lowest BCUT2D eigenvalue weighted by Crippen LogP contribution is -2.22. The van der Waals surface area contributed by atoms with Crippen molar-refractivity contribution in [3.8, 4) is 11.5 Å². The van der Waals surface area contributed by atoms with E-state index in [-0.39, 0.29) is 17.6 Å². The second kappa shape index (κ2) is 9.34. The molecule has 2 amide bonds. The van der Waals surface area contributed by atoms with Crippen LogP contribution in [0.2, 0.25) is 0 Å². The molecule has 0 saturated heterocycles. The van der Waals surface area contributed by atoms with Crippen molar-refractivity contribution in [1.82, 2.24) is 5.43 Å². The van der Waals surface area contributed by atoms with Gasteiger partial charge in [-0.2, -0.15) is 5.10 Å². The van der Waals surface area contributed by atoms with Crippen molar-refractivity contribution in [3.63, 3.8) is 0 Å². The van der Waals surface area contributed by atoms with Crippen LogP contribution in [0.3, 0.4) is 0 Å². The molecule has 174 valence electrons. The van der Waals surface area contributed by atoms with Crippen LogP contribution in [0.15, 0.2) is 56.5 Å². The lowest BCUT2D eigenvalue weighted by atomic mass is 9.93. The zero-order valence-electron chi connectivity index (χ0n) is 18.4. The number of ether oxygens (including phenoxy) is 2. The Bertz CT molecular complexity index is 1300. The van der Waals surface area contributed by atoms with E-state index in [1.54, 1.807) is 42.5 Å². The molecule has 34 heavy (non-hydrogen) atoms. The number of amides is 2. The maximum atomic E-state index is 13.0. The Hall–Kier alpha value is -3.59. The van der Waals surface area contributed by atoms with Gasteiger partial charge in [-0.25, -0.2) is 5.43 Å². The van der Waals surface area contributed by atoms with Gasteiger partial charge in [0.25, 0.3) is 11.8 Å². The van der Waals surface area contributed by atoms with Crippen LogP contribution >= 0.6 is 15.9 Å². The predicted octanol–water partition coefficient (Wildman–Crippen LogP) is 4.84. The number of furan rings is 1. The summed E-state index contributed by atoms with van der Waals surface area (Å²) in [6, 6.07) is 12.3. The molecule has 2 aromatic carbocycles. The second-order valence-corrected chi connectivity index (χ2v) is 8.94. The van der Waals surface area contributed by atoms with Crippen molar-refractivity contribution < 1.29 is 23.5 Å². The number of carbonyl (C=O) groups excluding carboxylic acids is 2. The number of hydrogen-bond acceptors (Lipinski definition) is 6. The summed E-state index contributed by atoms with van der Waals surface area (Å²) in [5, 5.41) is 7.24. The molecule has 3 aromatic rings. The molecule has 9 heteroatoms. The van der Waals surface area contributed by atoms with Crippen LogP contribution in [-0.4, -0.2) is 30.7 Å². The highest BCUT2D eigenvalue weighted by atomic mass is 79.9. The minimum atomic E-state index is -0.359. The van der Waals surface area contributed by atoms with Crippen LogP contribution in [0.1, 0.15) is 50.6 Å². The van der Waals surface area contributed by atoms with Gasteiger partial charge in [0.15, 0.2) is 17.3 Å². The van der Waals surface area contributed by atoms with E-state index < -0.39 is 0 Å². The van der Waals surface area contributed by atoms with Gasteiger partial charge in [-0.3, -0.25) is 9.59 Å². The summed E-state index contributed by atoms with van der Waals surface area (Å²) in [5.74, 6) is 1.52. The van der Waals surface area contributed by atoms with Crippen LogP contribution in [-0.2, 0) is 6.42 Å². The van der Waals surface area contributed by atoms with Gasteiger partial charge >= 0.3 is 0 Å². The molecular weight excluding hydrogens is 502 g/mol. The molecular formula is C25H22BrN3O5. The summed E-state index contributed by atoms with van der Waals surface area (Å²) in [6.45, 7) is 2.80. The Kier molecular flexibility index (Phi) is 6.10. The SMILES string of the molecule is Cc1c(C(=O)Nc2ccc3c(c2)OCCO3)oc2c1/C(=N/NC(=O)c1ccc(Br)cc1)CCC2. The number of aryl methyl sites for hydroxylation is 1. The molecule has 1 aliphatic heterocycles. The molecule has 2 heterocycles. The quantitative estimate of drug-likeness (QED) is 0.476. The van der Waals surface area contributed by atoms with E-state index in [4.69, 9.17) is 13.9 Å². The molecule has 0 unspecified atom stereocenters. The number of fused-ring (bicyclic) bond motifs is 2. The summed E-state index contributed by atoms with van der Waals surface area (Å²) in [4.78, 5) is 25.5. The van der Waals surface area contributed by atoms with E-state index in [1.807, 2.05) is 6.92 Å². The number of nitrogens with zero attached hydrogens (tertiary/aromatic N) is 1. The molecule has 0 fully saturated rings. The van der Waals surface area contributed by atoms with E-state index in [9.17, 15) is 9.59 Å². The summed E-state index contributed by atoms with van der Waals surface area (Å²) in [6.07, 6.45) is 2.19. The summed E-state index contributed by atoms with van der Waals surface area (Å²) < 4.78 is 18.0. The van der Waals surface area contributed by atoms with Gasteiger partial charge in [-0.15, -0.1) is 0 Å². The zero-order chi connectivity index (χ0) is 23.7. The van der Waals surface area contributed by atoms with Gasteiger partial charge in [0.2, 0.25) is 0 Å². The van der Waals surface area contributed by atoms with Gasteiger partial charge in [0.1, 0.15) is 19.0 Å². The second-order valence-electron chi connectivity index (χ2n) is 8.03. The van der Waals surface area contributed by atoms with Gasteiger partial charge in [0.05, 0.1) is 5.71 Å². The molecule has 2 N–H and O–H groups in total. The Morgan fingerprint density at radius 2 is 1.74 bits per heavy atom. The van der Waals surface area contributed by atoms with Crippen LogP contribution in [0.5, 0.6) is 11.5 Å². The summed E-state index contributed by atoms with van der Waals surface area (Å²) >= 11 is 3.36. The maximum absolute atomic E-state index is 13.0. The van der Waals surface area contributed by atoms with Crippen LogP contribution in [0.25, 0.3) is 0 Å². The fraction of sp³-hybridized carbons (Fsp3) is 0.240. The third kappa shape index (κ3) is 4.43. The minimum Gasteiger partial charge on any atom is -0.486 e. The van der Waals surface area contributed by atoms with Crippen molar-refractivity contribution in [2.75, 3.05) is 18.5 Å². The normalized spacial score (nSPS) is 15.5. The molecule has 1 aromatic heterocycles. The van der Waals surface area contributed by atoms with E-state index in [0.29, 0.717) is 65.8 Å². The van der Waals surface area contributed by atoms with Crippen molar-refractivity contribution in [3.05, 3.63) is 75.1 Å². The first-order chi connectivity index (χ1) is 16.5. The average molecular weight is 524 g/mol. The highest BCUT2D eigenvalue weighted by Gasteiger charge is 2.28. The molecule has 0 saturated carbocycles. The van der Waals surface area contributed by atoms with Crippen LogP contribution in [0, 0.1) is 6.92 Å². The number of benzene rings is 2. The fourth-order valence-corrected chi connectivity index (χ4v) is 4.35. The number of hydrazone groups is 1. The third-order valence-corrected chi connectivity index (χ3v) is 6.26. The number of nitrogens with one attached hydrogen (secondary N) is 2. The third-order valence-electron chi connectivity index (χ3n) is 5.73. The van der Waals surface area contributed by atoms with Crippen molar-refractivity contribution >= 4 is 39.1 Å². The number of carbonyl (C=O) groups is 2. The molecule has 5 rings (SSSR count). The highest BCUT2D eigenvalue weighted by Crippen LogP contribution is 2.34. The fourth-order valence-electron chi connectivity index (χ4n) is 4.09. The van der Waals surface area contributed by atoms with E-state index in [1.165, 1.54) is 0 Å². The van der Waals surface area contributed by atoms with Crippen molar-refractivity contribution in [2.45, 2.75) is 26.2 Å². The lowest BCUT2D eigenvalue weighted by Gasteiger charge is -2.18. The van der Waals surface area contributed by atoms with Gasteiger partial charge in [0, 0.05) is 39.3 Å². The topological polar surface area (TPSA) is 102 Å². The smallest absolute Gasteiger partial charge is 0.291 e. The Morgan fingerprint density at radius 3 is 2.53 bits per heavy atom. The van der Waals surface area contributed by atoms with E-state index >= 15 is 0 Å². The van der Waals surface area contributed by atoms with Gasteiger partial charge < -0.3 is 19.2 Å². The molecule has 0 spiro atoms. The van der Waals surface area contributed by atoms with Crippen LogP contribution < -0.4 is 20.2 Å². The minimum absolute atomic E-state index is 0.230. The average Bonchev–Trinajstić information content (AvgIpc) is 3.20. The van der Waals surface area contributed by atoms with E-state index in [0.717, 1.165) is 16.5 Å². The maximum Gasteiger partial charge on any atom is 0.291 e. The summed E-state index contributed by atoms with van der Waals surface area (Å²) in [5.41, 5.74) is 5.90. The first kappa shape index (κ1) is 22.2. The lowest BCUT2D eigenvalue weighted by molar-refractivity contribution is 0.0953. The molecule has 2 aliphatic rings. The number of anilines is 1. The number of hydrogen-bond donors (Lipinski definition) is 2. The molecule has 1 aliphatic carbocycles. The first-order valence-electron chi connectivity index (χ1n) is 11.0. The van der Waals surface area contributed by atoms with Gasteiger partial charge in [-0.1, -0.05) is 15.9 Å². The molecule has 8 nitrogen and oxygen atoms in total. The Balaban J connectivity index is 1.35. The van der Waals surface area contributed by atoms with Gasteiger partial charge in [-0.05, 0) is 56.2 Å². The standard InChI is InChI=1S/C25H22BrN3O5/c1-14-22-18(28-29-24(30)15-5-7-16(26)8-6-15)3-2-4-20(22)34-23(14)25(31)27-17-9-10-19-21(13-17)33-12-11-32-19/h5-10,13H,2-4,11-12H2,1H3,(H,27,31)(H,29,30)/b28-18+. The molecule has 0 atom stereocenters. The van der Waals surface area contributed by atoms with E-state index in [2.05, 4.69) is 31.8 Å². The summed E-state index contributed by atoms with van der Waals surface area (Å²) in [7, 11) is 0. The molecule has 0 radical (unpaired) electrons. The zero-order valence-corrected chi connectivity index (χ0v) is 20.0. The van der Waals surface area contributed by atoms with Crippen molar-refractivity contribution in [2.24, 2.45) is 5.10 Å². The first-order valence-corrected chi connectivity index (χ1v) is 11.7. The Morgan fingerprint density at radius 1 is 0.971 bits per heavy atom. The molecule has 0 bridgehead atoms. The predicted molar refractivity (Wildman–Crippen MR) is 130 cm³/mol. The largest absolute Gasteiger partial charge is 0.486 e. The Labute approximate surface area is 204 Å².